The van der Waals surface area contributed by atoms with E-state index in [2.05, 4.69) is 4.98 Å². The monoisotopic (exact) mass is 340 g/mol. The molecule has 1 aliphatic carbocycles. The third-order valence-electron chi connectivity index (χ3n) is 4.68. The standard InChI is InChI=1S/C20H21FN2O2/c1-23-19-13-17(24-16-9-7-14(21)8-10-16)11-12-18(19)22-20(23)25-15-5-3-2-4-6-15/h7-13,15H,2-6H2,1H3. The number of rotatable bonds is 4. The average molecular weight is 340 g/mol. The maximum atomic E-state index is 13.0. The van der Waals surface area contributed by atoms with Gasteiger partial charge < -0.3 is 9.47 Å². The molecule has 5 heteroatoms. The maximum Gasteiger partial charge on any atom is 0.297 e. The number of imidazole rings is 1. The second-order valence-corrected chi connectivity index (χ2v) is 6.54. The molecule has 1 saturated carbocycles. The van der Waals surface area contributed by atoms with Crippen molar-refractivity contribution in [3.05, 3.63) is 48.3 Å². The van der Waals surface area contributed by atoms with Crippen LogP contribution < -0.4 is 9.47 Å². The summed E-state index contributed by atoms with van der Waals surface area (Å²) < 4.78 is 26.9. The Balaban J connectivity index is 1.57. The van der Waals surface area contributed by atoms with Crippen LogP contribution >= 0.6 is 0 Å². The van der Waals surface area contributed by atoms with Crippen molar-refractivity contribution in [3.8, 4) is 17.5 Å². The summed E-state index contributed by atoms with van der Waals surface area (Å²) in [5.74, 6) is 1.01. The molecule has 1 aliphatic rings. The number of benzene rings is 2. The number of fused-ring (bicyclic) bond motifs is 1. The molecule has 0 bridgehead atoms. The van der Waals surface area contributed by atoms with E-state index in [1.165, 1.54) is 31.4 Å². The molecular weight excluding hydrogens is 319 g/mol. The Morgan fingerprint density at radius 2 is 1.72 bits per heavy atom. The third-order valence-corrected chi connectivity index (χ3v) is 4.68. The maximum absolute atomic E-state index is 13.0. The molecule has 4 rings (SSSR count). The Hall–Kier alpha value is -2.56. The predicted molar refractivity (Wildman–Crippen MR) is 94.7 cm³/mol. The normalized spacial score (nSPS) is 15.4. The molecule has 0 saturated heterocycles. The fourth-order valence-electron chi connectivity index (χ4n) is 3.29. The van der Waals surface area contributed by atoms with Gasteiger partial charge in [0.1, 0.15) is 23.4 Å². The second-order valence-electron chi connectivity index (χ2n) is 6.54. The molecule has 130 valence electrons. The summed E-state index contributed by atoms with van der Waals surface area (Å²) in [7, 11) is 1.95. The van der Waals surface area contributed by atoms with Crippen LogP contribution in [-0.2, 0) is 7.05 Å². The molecule has 1 aromatic heterocycles. The van der Waals surface area contributed by atoms with Gasteiger partial charge in [-0.2, -0.15) is 4.98 Å². The van der Waals surface area contributed by atoms with E-state index in [-0.39, 0.29) is 11.9 Å². The lowest BCUT2D eigenvalue weighted by molar-refractivity contribution is 0.138. The van der Waals surface area contributed by atoms with E-state index in [4.69, 9.17) is 9.47 Å². The van der Waals surface area contributed by atoms with Gasteiger partial charge in [0.25, 0.3) is 6.01 Å². The van der Waals surface area contributed by atoms with Crippen LogP contribution in [0.4, 0.5) is 4.39 Å². The van der Waals surface area contributed by atoms with Gasteiger partial charge in [0, 0.05) is 13.1 Å². The van der Waals surface area contributed by atoms with Crippen LogP contribution in [-0.4, -0.2) is 15.7 Å². The Bertz CT molecular complexity index is 867. The molecule has 0 aliphatic heterocycles. The van der Waals surface area contributed by atoms with Crippen molar-refractivity contribution in [2.24, 2.45) is 7.05 Å². The zero-order valence-corrected chi connectivity index (χ0v) is 14.2. The van der Waals surface area contributed by atoms with Crippen LogP contribution in [0.25, 0.3) is 11.0 Å². The van der Waals surface area contributed by atoms with Crippen LogP contribution in [0.1, 0.15) is 32.1 Å². The minimum Gasteiger partial charge on any atom is -0.461 e. The minimum atomic E-state index is -0.279. The van der Waals surface area contributed by atoms with Gasteiger partial charge in [0.2, 0.25) is 0 Å². The largest absolute Gasteiger partial charge is 0.461 e. The van der Waals surface area contributed by atoms with Gasteiger partial charge in [0.15, 0.2) is 0 Å². The predicted octanol–water partition coefficient (Wildman–Crippen LogP) is 5.22. The molecule has 1 heterocycles. The molecule has 0 N–H and O–H groups in total. The van der Waals surface area contributed by atoms with Gasteiger partial charge in [-0.05, 0) is 62.1 Å². The quantitative estimate of drug-likeness (QED) is 0.653. The van der Waals surface area contributed by atoms with Crippen LogP contribution in [0.15, 0.2) is 42.5 Å². The topological polar surface area (TPSA) is 36.3 Å². The lowest BCUT2D eigenvalue weighted by Gasteiger charge is -2.22. The first-order valence-corrected chi connectivity index (χ1v) is 8.75. The van der Waals surface area contributed by atoms with E-state index in [0.717, 1.165) is 23.9 Å². The summed E-state index contributed by atoms with van der Waals surface area (Å²) in [5.41, 5.74) is 1.82. The van der Waals surface area contributed by atoms with Crippen molar-refractivity contribution in [2.75, 3.05) is 0 Å². The molecule has 3 aromatic rings. The summed E-state index contributed by atoms with van der Waals surface area (Å²) in [6.07, 6.45) is 6.21. The zero-order valence-electron chi connectivity index (χ0n) is 14.2. The summed E-state index contributed by atoms with van der Waals surface area (Å²) >= 11 is 0. The molecule has 1 fully saturated rings. The number of nitrogens with zero attached hydrogens (tertiary/aromatic N) is 2. The lowest BCUT2D eigenvalue weighted by Crippen LogP contribution is -2.21. The average Bonchev–Trinajstić information content (AvgIpc) is 2.94. The highest BCUT2D eigenvalue weighted by molar-refractivity contribution is 5.78. The minimum absolute atomic E-state index is 0.263. The summed E-state index contributed by atoms with van der Waals surface area (Å²) in [4.78, 5) is 4.60. The summed E-state index contributed by atoms with van der Waals surface area (Å²) in [6.45, 7) is 0. The van der Waals surface area contributed by atoms with Crippen molar-refractivity contribution >= 4 is 11.0 Å². The number of halogens is 1. The first-order valence-electron chi connectivity index (χ1n) is 8.75. The molecule has 4 nitrogen and oxygen atoms in total. The van der Waals surface area contributed by atoms with E-state index in [9.17, 15) is 4.39 Å². The molecule has 0 spiro atoms. The molecule has 0 radical (unpaired) electrons. The van der Waals surface area contributed by atoms with Crippen molar-refractivity contribution in [1.29, 1.82) is 0 Å². The van der Waals surface area contributed by atoms with Gasteiger partial charge in [0.05, 0.1) is 11.0 Å². The van der Waals surface area contributed by atoms with E-state index < -0.39 is 0 Å². The van der Waals surface area contributed by atoms with Gasteiger partial charge in [-0.25, -0.2) is 4.39 Å². The highest BCUT2D eigenvalue weighted by Crippen LogP contribution is 2.29. The molecule has 2 aromatic carbocycles. The first kappa shape index (κ1) is 15.9. The van der Waals surface area contributed by atoms with Gasteiger partial charge in [-0.15, -0.1) is 0 Å². The van der Waals surface area contributed by atoms with E-state index in [1.807, 2.05) is 29.8 Å². The number of aromatic nitrogens is 2. The number of hydrogen-bond donors (Lipinski definition) is 0. The fraction of sp³-hybridized carbons (Fsp3) is 0.350. The summed E-state index contributed by atoms with van der Waals surface area (Å²) in [5, 5.41) is 0. The molecule has 0 amide bonds. The van der Waals surface area contributed by atoms with Crippen LogP contribution in [0.3, 0.4) is 0 Å². The number of ether oxygens (including phenoxy) is 2. The Kier molecular flexibility index (Phi) is 4.30. The zero-order chi connectivity index (χ0) is 17.2. The lowest BCUT2D eigenvalue weighted by atomic mass is 9.98. The first-order chi connectivity index (χ1) is 12.2. The SMILES string of the molecule is Cn1c(OC2CCCCC2)nc2ccc(Oc3ccc(F)cc3)cc21. The van der Waals surface area contributed by atoms with Gasteiger partial charge in [-0.3, -0.25) is 4.57 Å². The molecule has 0 atom stereocenters. The number of hydrogen-bond acceptors (Lipinski definition) is 3. The third kappa shape index (κ3) is 3.45. The Labute approximate surface area is 146 Å². The van der Waals surface area contributed by atoms with Crippen LogP contribution in [0, 0.1) is 5.82 Å². The van der Waals surface area contributed by atoms with Crippen molar-refractivity contribution in [2.45, 2.75) is 38.2 Å². The molecule has 25 heavy (non-hydrogen) atoms. The molecular formula is C20H21FN2O2. The highest BCUT2D eigenvalue weighted by atomic mass is 19.1. The van der Waals surface area contributed by atoms with Gasteiger partial charge in [-0.1, -0.05) is 6.42 Å². The molecule has 0 unspecified atom stereocenters. The van der Waals surface area contributed by atoms with Crippen molar-refractivity contribution in [3.63, 3.8) is 0 Å². The Morgan fingerprint density at radius 1 is 1.00 bits per heavy atom. The van der Waals surface area contributed by atoms with E-state index in [1.54, 1.807) is 12.1 Å². The number of aryl methyl sites for hydroxylation is 1. The smallest absolute Gasteiger partial charge is 0.297 e. The van der Waals surface area contributed by atoms with E-state index in [0.29, 0.717) is 17.5 Å². The second kappa shape index (κ2) is 6.75. The van der Waals surface area contributed by atoms with Crippen LogP contribution in [0.2, 0.25) is 0 Å². The van der Waals surface area contributed by atoms with Gasteiger partial charge >= 0.3 is 0 Å². The Morgan fingerprint density at radius 3 is 2.48 bits per heavy atom. The van der Waals surface area contributed by atoms with E-state index >= 15 is 0 Å². The summed E-state index contributed by atoms with van der Waals surface area (Å²) in [6, 6.07) is 12.4. The van der Waals surface area contributed by atoms with Crippen molar-refractivity contribution < 1.29 is 13.9 Å². The van der Waals surface area contributed by atoms with Crippen LogP contribution in [0.5, 0.6) is 17.5 Å². The highest BCUT2D eigenvalue weighted by Gasteiger charge is 2.18. The van der Waals surface area contributed by atoms with Crippen molar-refractivity contribution in [1.82, 2.24) is 9.55 Å². The fourth-order valence-corrected chi connectivity index (χ4v) is 3.29.